The number of benzene rings is 1. The normalized spacial score (nSPS) is 11.9. The lowest BCUT2D eigenvalue weighted by atomic mass is 9.87. The number of aliphatic hydroxyl groups excluding tert-OH is 3. The second-order valence-corrected chi connectivity index (χ2v) is 9.20. The summed E-state index contributed by atoms with van der Waals surface area (Å²) in [6.45, 7) is 5.76. The van der Waals surface area contributed by atoms with Crippen molar-refractivity contribution in [2.75, 3.05) is 79.3 Å². The van der Waals surface area contributed by atoms with Gasteiger partial charge in [-0.2, -0.15) is 0 Å². The number of hydrogen-bond donors (Lipinski definition) is 3. The zero-order chi connectivity index (χ0) is 26.0. The van der Waals surface area contributed by atoms with Crippen LogP contribution < -0.4 is 0 Å². The molecule has 0 spiro atoms. The van der Waals surface area contributed by atoms with Gasteiger partial charge in [-0.05, 0) is 44.1 Å². The van der Waals surface area contributed by atoms with Crippen molar-refractivity contribution >= 4 is 0 Å². The van der Waals surface area contributed by atoms with Crippen molar-refractivity contribution in [1.82, 2.24) is 0 Å². The van der Waals surface area contributed by atoms with Gasteiger partial charge in [-0.15, -0.1) is 0 Å². The fourth-order valence-electron chi connectivity index (χ4n) is 3.62. The molecule has 0 fully saturated rings. The van der Waals surface area contributed by atoms with E-state index < -0.39 is 0 Å². The van der Waals surface area contributed by atoms with Crippen LogP contribution in [0, 0.1) is 5.41 Å². The van der Waals surface area contributed by atoms with Crippen molar-refractivity contribution in [3.8, 4) is 0 Å². The van der Waals surface area contributed by atoms with Gasteiger partial charge in [-0.1, -0.05) is 43.2 Å². The first-order valence-electron chi connectivity index (χ1n) is 13.5. The van der Waals surface area contributed by atoms with Crippen LogP contribution in [-0.2, 0) is 30.3 Å². The first-order valence-corrected chi connectivity index (χ1v) is 13.5. The molecule has 0 aliphatic rings. The maximum atomic E-state index is 9.04. The Hall–Kier alpha value is -1.10. The molecule has 1 rings (SSSR count). The van der Waals surface area contributed by atoms with E-state index in [4.69, 9.17) is 39.0 Å². The molecule has 8 nitrogen and oxygen atoms in total. The molecule has 8 heteroatoms. The summed E-state index contributed by atoms with van der Waals surface area (Å²) in [6.07, 6.45) is 6.77. The van der Waals surface area contributed by atoms with Gasteiger partial charge >= 0.3 is 0 Å². The van der Waals surface area contributed by atoms with E-state index in [1.54, 1.807) is 0 Å². The molecule has 0 radical (unpaired) electrons. The van der Waals surface area contributed by atoms with Gasteiger partial charge in [0.05, 0.1) is 26.4 Å². The molecule has 0 heterocycles. The number of hydrogen-bond acceptors (Lipinski definition) is 8. The lowest BCUT2D eigenvalue weighted by molar-refractivity contribution is -0.0861. The van der Waals surface area contributed by atoms with Gasteiger partial charge in [0.15, 0.2) is 0 Å². The second-order valence-electron chi connectivity index (χ2n) is 9.20. The van der Waals surface area contributed by atoms with Gasteiger partial charge in [0.1, 0.15) is 0 Å². The summed E-state index contributed by atoms with van der Waals surface area (Å²) in [7, 11) is 0. The summed E-state index contributed by atoms with van der Waals surface area (Å²) in [6, 6.07) is 10.2. The summed E-state index contributed by atoms with van der Waals surface area (Å²) in [4.78, 5) is 0. The fourth-order valence-corrected chi connectivity index (χ4v) is 3.62. The Morgan fingerprint density at radius 3 is 1.47 bits per heavy atom. The van der Waals surface area contributed by atoms with E-state index in [9.17, 15) is 0 Å². The average molecular weight is 515 g/mol. The van der Waals surface area contributed by atoms with Crippen molar-refractivity contribution in [3.05, 3.63) is 35.9 Å². The molecule has 0 bridgehead atoms. The smallest absolute Gasteiger partial charge is 0.0716 e. The van der Waals surface area contributed by atoms with E-state index in [0.717, 1.165) is 38.7 Å². The predicted octanol–water partition coefficient (Wildman–Crippen LogP) is 3.35. The van der Waals surface area contributed by atoms with Crippen LogP contribution in [0.2, 0.25) is 0 Å². The monoisotopic (exact) mass is 514 g/mol. The van der Waals surface area contributed by atoms with Crippen LogP contribution in [0.25, 0.3) is 0 Å². The molecule has 1 aromatic carbocycles. The van der Waals surface area contributed by atoms with Crippen molar-refractivity contribution in [3.63, 3.8) is 0 Å². The summed E-state index contributed by atoms with van der Waals surface area (Å²) >= 11 is 0. The molecule has 0 aliphatic heterocycles. The lowest BCUT2D eigenvalue weighted by Crippen LogP contribution is -2.39. The Morgan fingerprint density at radius 1 is 0.500 bits per heavy atom. The molecular formula is C28H50O8. The third-order valence-corrected chi connectivity index (χ3v) is 5.78. The fraction of sp³-hybridized carbons (Fsp3) is 0.786. The molecule has 0 amide bonds. The number of ether oxygens (including phenoxy) is 5. The Morgan fingerprint density at radius 2 is 0.972 bits per heavy atom. The quantitative estimate of drug-likeness (QED) is 0.154. The third-order valence-electron chi connectivity index (χ3n) is 5.78. The average Bonchev–Trinajstić information content (AvgIpc) is 2.90. The Kier molecular flexibility index (Phi) is 22.2. The minimum absolute atomic E-state index is 0.0925. The van der Waals surface area contributed by atoms with Gasteiger partial charge in [-0.3, -0.25) is 0 Å². The minimum atomic E-state index is -0.379. The van der Waals surface area contributed by atoms with E-state index >= 15 is 0 Å². The largest absolute Gasteiger partial charge is 0.396 e. The highest BCUT2D eigenvalue weighted by atomic mass is 16.5. The molecule has 0 aliphatic carbocycles. The van der Waals surface area contributed by atoms with E-state index in [0.29, 0.717) is 78.7 Å². The molecule has 36 heavy (non-hydrogen) atoms. The summed E-state index contributed by atoms with van der Waals surface area (Å²) in [5, 5.41) is 27.1. The van der Waals surface area contributed by atoms with Gasteiger partial charge in [0.2, 0.25) is 0 Å². The number of aliphatic hydroxyl groups is 3. The molecule has 0 saturated carbocycles. The standard InChI is InChI=1S/C28H50O8/c29-14-8-19-34-24-28(25-35-20-9-15-30,26-36-21-10-16-31)13-22-32-17-6-1-2-7-18-33-23-27-11-4-3-5-12-27/h3-5,11-12,29-31H,1-2,6-10,13-26H2. The summed E-state index contributed by atoms with van der Waals surface area (Å²) < 4.78 is 29.2. The van der Waals surface area contributed by atoms with Crippen LogP contribution in [0.4, 0.5) is 0 Å². The van der Waals surface area contributed by atoms with Gasteiger partial charge in [0.25, 0.3) is 0 Å². The SMILES string of the molecule is OCCCOCC(CCOCCCCCCOCc1ccccc1)(COCCCO)COCCCO. The van der Waals surface area contributed by atoms with Crippen LogP contribution >= 0.6 is 0 Å². The molecule has 210 valence electrons. The van der Waals surface area contributed by atoms with Crippen LogP contribution in [-0.4, -0.2) is 94.6 Å². The molecule has 3 N–H and O–H groups in total. The minimum Gasteiger partial charge on any atom is -0.396 e. The van der Waals surface area contributed by atoms with E-state index in [1.165, 1.54) is 5.56 Å². The van der Waals surface area contributed by atoms with Crippen molar-refractivity contribution < 1.29 is 39.0 Å². The van der Waals surface area contributed by atoms with Gasteiger partial charge in [0, 0.05) is 64.9 Å². The van der Waals surface area contributed by atoms with Gasteiger partial charge in [-0.25, -0.2) is 0 Å². The molecule has 0 unspecified atom stereocenters. The first-order chi connectivity index (χ1) is 17.8. The highest BCUT2D eigenvalue weighted by Gasteiger charge is 2.31. The molecule has 0 aromatic heterocycles. The molecule has 0 saturated heterocycles. The highest BCUT2D eigenvalue weighted by molar-refractivity contribution is 5.13. The van der Waals surface area contributed by atoms with E-state index in [2.05, 4.69) is 12.1 Å². The van der Waals surface area contributed by atoms with E-state index in [1.807, 2.05) is 18.2 Å². The Labute approximate surface area is 217 Å². The van der Waals surface area contributed by atoms with E-state index in [-0.39, 0.29) is 25.2 Å². The zero-order valence-electron chi connectivity index (χ0n) is 22.1. The van der Waals surface area contributed by atoms with Crippen molar-refractivity contribution in [2.45, 2.75) is 58.0 Å². The number of rotatable bonds is 27. The topological polar surface area (TPSA) is 107 Å². The summed E-state index contributed by atoms with van der Waals surface area (Å²) in [5.41, 5.74) is 0.828. The second kappa shape index (κ2) is 24.2. The first kappa shape index (κ1) is 32.9. The maximum Gasteiger partial charge on any atom is 0.0716 e. The zero-order valence-corrected chi connectivity index (χ0v) is 22.1. The predicted molar refractivity (Wildman–Crippen MR) is 140 cm³/mol. The third kappa shape index (κ3) is 18.2. The van der Waals surface area contributed by atoms with Crippen LogP contribution in [0.15, 0.2) is 30.3 Å². The maximum absolute atomic E-state index is 9.04. The molecule has 1 aromatic rings. The Balaban J connectivity index is 2.29. The van der Waals surface area contributed by atoms with Gasteiger partial charge < -0.3 is 39.0 Å². The lowest BCUT2D eigenvalue weighted by Gasteiger charge is -2.33. The molecular weight excluding hydrogens is 464 g/mol. The van der Waals surface area contributed by atoms with Crippen molar-refractivity contribution in [1.29, 1.82) is 0 Å². The van der Waals surface area contributed by atoms with Crippen LogP contribution in [0.3, 0.4) is 0 Å². The highest BCUT2D eigenvalue weighted by Crippen LogP contribution is 2.25. The Bertz CT molecular complexity index is 541. The number of unbranched alkanes of at least 4 members (excludes halogenated alkanes) is 3. The van der Waals surface area contributed by atoms with Crippen LogP contribution in [0.5, 0.6) is 0 Å². The van der Waals surface area contributed by atoms with Crippen LogP contribution in [0.1, 0.15) is 56.9 Å². The summed E-state index contributed by atoms with van der Waals surface area (Å²) in [5.74, 6) is 0. The van der Waals surface area contributed by atoms with Crippen molar-refractivity contribution in [2.24, 2.45) is 5.41 Å². The molecule has 0 atom stereocenters.